The summed E-state index contributed by atoms with van der Waals surface area (Å²) in [6, 6.07) is 12.6. The van der Waals surface area contributed by atoms with Gasteiger partial charge in [-0.3, -0.25) is 9.78 Å². The molecule has 0 bridgehead atoms. The van der Waals surface area contributed by atoms with E-state index in [1.54, 1.807) is 17.3 Å². The quantitative estimate of drug-likeness (QED) is 0.832. The number of pyridine rings is 1. The highest BCUT2D eigenvalue weighted by molar-refractivity contribution is 5.89. The minimum atomic E-state index is -0.350. The van der Waals surface area contributed by atoms with Gasteiger partial charge in [0.2, 0.25) is 0 Å². The number of carbonyl (C=O) groups is 2. The van der Waals surface area contributed by atoms with Crippen LogP contribution >= 0.6 is 0 Å². The second kappa shape index (κ2) is 8.53. The third kappa shape index (κ3) is 5.43. The van der Waals surface area contributed by atoms with E-state index >= 15 is 0 Å². The molecule has 6 heteroatoms. The summed E-state index contributed by atoms with van der Waals surface area (Å²) in [5.41, 5.74) is 1.64. The van der Waals surface area contributed by atoms with Crippen LogP contribution in [0.3, 0.4) is 0 Å². The van der Waals surface area contributed by atoms with Crippen molar-refractivity contribution in [2.75, 3.05) is 19.0 Å². The van der Waals surface area contributed by atoms with E-state index in [0.29, 0.717) is 12.2 Å². The summed E-state index contributed by atoms with van der Waals surface area (Å²) in [4.78, 5) is 29.4. The number of rotatable bonds is 6. The van der Waals surface area contributed by atoms with Crippen molar-refractivity contribution in [2.24, 2.45) is 0 Å². The van der Waals surface area contributed by atoms with E-state index in [9.17, 15) is 9.59 Å². The van der Waals surface area contributed by atoms with Crippen molar-refractivity contribution in [2.45, 2.75) is 13.0 Å². The number of esters is 1. The number of methoxy groups -OCH3 is 1. The zero-order valence-corrected chi connectivity index (χ0v) is 12.9. The molecule has 23 heavy (non-hydrogen) atoms. The Morgan fingerprint density at radius 2 is 1.83 bits per heavy atom. The van der Waals surface area contributed by atoms with Crippen LogP contribution in [0.5, 0.6) is 0 Å². The summed E-state index contributed by atoms with van der Waals surface area (Å²) >= 11 is 0. The van der Waals surface area contributed by atoms with Crippen LogP contribution in [0, 0.1) is 0 Å². The standard InChI is InChI=1S/C17H19N3O3/c1-23-16(21)9-12-20(13-14-7-10-18-11-8-14)17(22)19-15-5-3-2-4-6-15/h2-8,10-11H,9,12-13H2,1H3,(H,19,22). The molecule has 0 fully saturated rings. The van der Waals surface area contributed by atoms with Crippen LogP contribution in [0.1, 0.15) is 12.0 Å². The topological polar surface area (TPSA) is 71.5 Å². The first-order chi connectivity index (χ1) is 11.2. The number of para-hydroxylation sites is 1. The predicted octanol–water partition coefficient (Wildman–Crippen LogP) is 2.68. The van der Waals surface area contributed by atoms with E-state index in [1.165, 1.54) is 7.11 Å². The molecule has 120 valence electrons. The molecule has 2 aromatic rings. The molecule has 0 aliphatic heterocycles. The molecule has 1 heterocycles. The maximum atomic E-state index is 12.5. The number of benzene rings is 1. The number of hydrogen-bond donors (Lipinski definition) is 1. The first-order valence-corrected chi connectivity index (χ1v) is 7.25. The summed E-state index contributed by atoms with van der Waals surface area (Å²) in [5, 5.41) is 2.82. The van der Waals surface area contributed by atoms with Gasteiger partial charge in [0.1, 0.15) is 0 Å². The number of ether oxygens (including phenoxy) is 1. The Labute approximate surface area is 135 Å². The largest absolute Gasteiger partial charge is 0.469 e. The Bertz CT molecular complexity index is 632. The fraction of sp³-hybridized carbons (Fsp3) is 0.235. The Hall–Kier alpha value is -2.89. The number of carbonyl (C=O) groups excluding carboxylic acids is 2. The average molecular weight is 313 g/mol. The molecular weight excluding hydrogens is 294 g/mol. The lowest BCUT2D eigenvalue weighted by Crippen LogP contribution is -2.36. The van der Waals surface area contributed by atoms with Gasteiger partial charge in [0.15, 0.2) is 0 Å². The van der Waals surface area contributed by atoms with Crippen LogP contribution in [0.2, 0.25) is 0 Å². The molecule has 2 amide bonds. The van der Waals surface area contributed by atoms with E-state index in [2.05, 4.69) is 15.0 Å². The van der Waals surface area contributed by atoms with Crippen molar-refractivity contribution in [1.82, 2.24) is 9.88 Å². The van der Waals surface area contributed by atoms with Gasteiger partial charge in [-0.15, -0.1) is 0 Å². The van der Waals surface area contributed by atoms with Gasteiger partial charge < -0.3 is 15.0 Å². The van der Waals surface area contributed by atoms with Crippen LogP contribution in [0.25, 0.3) is 0 Å². The smallest absolute Gasteiger partial charge is 0.322 e. The molecule has 2 rings (SSSR count). The predicted molar refractivity (Wildman–Crippen MR) is 86.7 cm³/mol. The molecule has 0 saturated heterocycles. The Balaban J connectivity index is 2.05. The zero-order chi connectivity index (χ0) is 16.5. The molecule has 0 radical (unpaired) electrons. The van der Waals surface area contributed by atoms with Crippen LogP contribution in [-0.4, -0.2) is 35.5 Å². The van der Waals surface area contributed by atoms with Crippen LogP contribution < -0.4 is 5.32 Å². The Morgan fingerprint density at radius 3 is 2.48 bits per heavy atom. The van der Waals surface area contributed by atoms with Crippen molar-refractivity contribution in [1.29, 1.82) is 0 Å². The molecule has 0 aliphatic carbocycles. The molecule has 0 aliphatic rings. The van der Waals surface area contributed by atoms with Crippen molar-refractivity contribution in [3.05, 3.63) is 60.4 Å². The van der Waals surface area contributed by atoms with Gasteiger partial charge in [0.25, 0.3) is 0 Å². The average Bonchev–Trinajstić information content (AvgIpc) is 2.60. The first-order valence-electron chi connectivity index (χ1n) is 7.25. The zero-order valence-electron chi connectivity index (χ0n) is 12.9. The summed E-state index contributed by atoms with van der Waals surface area (Å²) < 4.78 is 4.64. The van der Waals surface area contributed by atoms with Crippen molar-refractivity contribution in [3.63, 3.8) is 0 Å². The molecule has 0 atom stereocenters. The van der Waals surface area contributed by atoms with Gasteiger partial charge in [-0.2, -0.15) is 0 Å². The summed E-state index contributed by atoms with van der Waals surface area (Å²) in [6.07, 6.45) is 3.48. The normalized spacial score (nSPS) is 9.96. The van der Waals surface area contributed by atoms with Gasteiger partial charge in [-0.25, -0.2) is 4.79 Å². The first kappa shape index (κ1) is 16.5. The minimum absolute atomic E-state index is 0.143. The van der Waals surface area contributed by atoms with E-state index in [1.807, 2.05) is 42.5 Å². The fourth-order valence-corrected chi connectivity index (χ4v) is 2.01. The molecule has 0 spiro atoms. The fourth-order valence-electron chi connectivity index (χ4n) is 2.01. The van der Waals surface area contributed by atoms with E-state index in [0.717, 1.165) is 5.56 Å². The van der Waals surface area contributed by atoms with Crippen LogP contribution in [-0.2, 0) is 16.1 Å². The third-order valence-electron chi connectivity index (χ3n) is 3.25. The molecule has 0 unspecified atom stereocenters. The number of hydrogen-bond acceptors (Lipinski definition) is 4. The van der Waals surface area contributed by atoms with E-state index < -0.39 is 0 Å². The van der Waals surface area contributed by atoms with Gasteiger partial charge >= 0.3 is 12.0 Å². The van der Waals surface area contributed by atoms with Gasteiger partial charge in [0, 0.05) is 31.2 Å². The van der Waals surface area contributed by atoms with Gasteiger partial charge in [-0.05, 0) is 29.8 Å². The minimum Gasteiger partial charge on any atom is -0.469 e. The highest BCUT2D eigenvalue weighted by Gasteiger charge is 2.16. The highest BCUT2D eigenvalue weighted by Crippen LogP contribution is 2.10. The molecule has 1 N–H and O–H groups in total. The molecular formula is C17H19N3O3. The number of nitrogens with zero attached hydrogens (tertiary/aromatic N) is 2. The SMILES string of the molecule is COC(=O)CCN(Cc1ccncc1)C(=O)Nc1ccccc1. The van der Waals surface area contributed by atoms with Crippen molar-refractivity contribution < 1.29 is 14.3 Å². The van der Waals surface area contributed by atoms with Gasteiger partial charge in [0.05, 0.1) is 13.5 Å². The molecule has 0 saturated carbocycles. The maximum absolute atomic E-state index is 12.5. The third-order valence-corrected chi connectivity index (χ3v) is 3.25. The number of nitrogens with one attached hydrogen (secondary N) is 1. The Morgan fingerprint density at radius 1 is 1.13 bits per heavy atom. The van der Waals surface area contributed by atoms with Crippen molar-refractivity contribution >= 4 is 17.7 Å². The monoisotopic (exact) mass is 313 g/mol. The van der Waals surface area contributed by atoms with Gasteiger partial charge in [-0.1, -0.05) is 18.2 Å². The van der Waals surface area contributed by atoms with Crippen molar-refractivity contribution in [3.8, 4) is 0 Å². The van der Waals surface area contributed by atoms with Crippen LogP contribution in [0.4, 0.5) is 10.5 Å². The second-order valence-corrected chi connectivity index (χ2v) is 4.90. The summed E-state index contributed by atoms with van der Waals surface area (Å²) in [6.45, 7) is 0.659. The molecule has 6 nitrogen and oxygen atoms in total. The number of aromatic nitrogens is 1. The van der Waals surface area contributed by atoms with E-state index in [4.69, 9.17) is 0 Å². The lowest BCUT2D eigenvalue weighted by atomic mass is 10.2. The lowest BCUT2D eigenvalue weighted by molar-refractivity contribution is -0.140. The maximum Gasteiger partial charge on any atom is 0.322 e. The van der Waals surface area contributed by atoms with Crippen LogP contribution in [0.15, 0.2) is 54.9 Å². The molecule has 1 aromatic carbocycles. The summed E-state index contributed by atoms with van der Waals surface area (Å²) in [7, 11) is 1.33. The second-order valence-electron chi connectivity index (χ2n) is 4.90. The highest BCUT2D eigenvalue weighted by atomic mass is 16.5. The summed E-state index contributed by atoms with van der Waals surface area (Å²) in [5.74, 6) is -0.350. The number of urea groups is 1. The van der Waals surface area contributed by atoms with E-state index in [-0.39, 0.29) is 25.0 Å². The number of anilines is 1. The lowest BCUT2D eigenvalue weighted by Gasteiger charge is -2.22. The Kier molecular flexibility index (Phi) is 6.11. The molecule has 1 aromatic heterocycles. The number of amides is 2.